The maximum atomic E-state index is 5.78. The van der Waals surface area contributed by atoms with Crippen LogP contribution < -0.4 is 0 Å². The van der Waals surface area contributed by atoms with Crippen LogP contribution in [0.15, 0.2) is 21.0 Å². The number of nitrogens with zero attached hydrogens (tertiary/aromatic N) is 4. The Kier molecular flexibility index (Phi) is 3.19. The second-order valence-electron chi connectivity index (χ2n) is 6.49. The third-order valence-electron chi connectivity index (χ3n) is 4.59. The van der Waals surface area contributed by atoms with E-state index >= 15 is 0 Å². The minimum Gasteiger partial charge on any atom is -0.415 e. The molecule has 1 fully saturated rings. The average Bonchev–Trinajstić information content (AvgIpc) is 3.17. The maximum Gasteiger partial charge on any atom is 0.282 e. The molecule has 0 spiro atoms. The van der Waals surface area contributed by atoms with Gasteiger partial charge in [0.15, 0.2) is 0 Å². The highest BCUT2D eigenvalue weighted by molar-refractivity contribution is 7.99. The van der Waals surface area contributed by atoms with Crippen LogP contribution in [0.3, 0.4) is 0 Å². The third kappa shape index (κ3) is 2.46. The molecule has 3 aromatic heterocycles. The van der Waals surface area contributed by atoms with Gasteiger partial charge in [0.1, 0.15) is 16.2 Å². The summed E-state index contributed by atoms with van der Waals surface area (Å²) >= 11 is 3.29. The normalized spacial score (nSPS) is 20.8. The summed E-state index contributed by atoms with van der Waals surface area (Å²) in [4.78, 5) is 11.6. The first kappa shape index (κ1) is 13.9. The molecule has 0 aliphatic heterocycles. The fourth-order valence-electron chi connectivity index (χ4n) is 3.16. The van der Waals surface area contributed by atoms with Gasteiger partial charge in [-0.3, -0.25) is 0 Å². The van der Waals surface area contributed by atoms with Crippen LogP contribution in [0.2, 0.25) is 0 Å². The van der Waals surface area contributed by atoms with E-state index in [1.165, 1.54) is 46.9 Å². The molecule has 0 radical (unpaired) electrons. The lowest BCUT2D eigenvalue weighted by Gasteiger charge is -2.17. The minimum atomic E-state index is 0.484. The lowest BCUT2D eigenvalue weighted by atomic mass is 9.89. The van der Waals surface area contributed by atoms with Crippen molar-refractivity contribution in [2.24, 2.45) is 5.92 Å². The molecule has 118 valence electrons. The largest absolute Gasteiger partial charge is 0.415 e. The lowest BCUT2D eigenvalue weighted by Crippen LogP contribution is -2.08. The second kappa shape index (κ2) is 5.27. The van der Waals surface area contributed by atoms with Crippen molar-refractivity contribution in [2.75, 3.05) is 0 Å². The van der Waals surface area contributed by atoms with E-state index < -0.39 is 0 Å². The molecule has 0 unspecified atom stereocenters. The fourth-order valence-corrected chi connectivity index (χ4v) is 5.37. The molecule has 1 atom stereocenters. The van der Waals surface area contributed by atoms with Crippen molar-refractivity contribution in [2.45, 2.75) is 55.2 Å². The number of hydrogen-bond donors (Lipinski definition) is 0. The van der Waals surface area contributed by atoms with Crippen molar-refractivity contribution in [1.82, 2.24) is 20.2 Å². The van der Waals surface area contributed by atoms with Gasteiger partial charge in [0, 0.05) is 16.2 Å². The number of aryl methyl sites for hydroxylation is 1. The Balaban J connectivity index is 1.55. The van der Waals surface area contributed by atoms with Gasteiger partial charge in [-0.05, 0) is 55.3 Å². The first-order valence-electron chi connectivity index (χ1n) is 8.04. The van der Waals surface area contributed by atoms with E-state index in [1.807, 2.05) is 11.3 Å². The number of fused-ring (bicyclic) bond motifs is 3. The highest BCUT2D eigenvalue weighted by atomic mass is 32.2. The number of aromatic nitrogens is 4. The average molecular weight is 344 g/mol. The van der Waals surface area contributed by atoms with Gasteiger partial charge in [0.05, 0.1) is 0 Å². The Bertz CT molecular complexity index is 883. The molecule has 3 heterocycles. The Morgan fingerprint density at radius 2 is 2.13 bits per heavy atom. The lowest BCUT2D eigenvalue weighted by molar-refractivity contribution is 0.414. The van der Waals surface area contributed by atoms with E-state index in [2.05, 4.69) is 27.1 Å². The summed E-state index contributed by atoms with van der Waals surface area (Å²) in [5, 5.41) is 11.1. The zero-order valence-corrected chi connectivity index (χ0v) is 14.4. The van der Waals surface area contributed by atoms with Gasteiger partial charge < -0.3 is 4.42 Å². The summed E-state index contributed by atoms with van der Waals surface area (Å²) in [6, 6.07) is 0. The van der Waals surface area contributed by atoms with Crippen LogP contribution in [0.4, 0.5) is 0 Å². The summed E-state index contributed by atoms with van der Waals surface area (Å²) in [6.45, 7) is 2.33. The molecule has 0 aromatic carbocycles. The topological polar surface area (TPSA) is 64.7 Å². The summed E-state index contributed by atoms with van der Waals surface area (Å²) in [7, 11) is 0. The number of rotatable bonds is 3. The van der Waals surface area contributed by atoms with Gasteiger partial charge in [-0.25, -0.2) is 9.97 Å². The predicted molar refractivity (Wildman–Crippen MR) is 89.0 cm³/mol. The minimum absolute atomic E-state index is 0.484. The van der Waals surface area contributed by atoms with Crippen molar-refractivity contribution >= 4 is 33.3 Å². The number of hydrogen-bond acceptors (Lipinski definition) is 7. The predicted octanol–water partition coefficient (Wildman–Crippen LogP) is 4.23. The van der Waals surface area contributed by atoms with E-state index in [0.29, 0.717) is 11.1 Å². The highest BCUT2D eigenvalue weighted by Gasteiger charge is 2.30. The molecule has 2 aliphatic rings. The second-order valence-corrected chi connectivity index (χ2v) is 8.52. The Labute approximate surface area is 141 Å². The monoisotopic (exact) mass is 344 g/mol. The molecule has 0 bridgehead atoms. The van der Waals surface area contributed by atoms with Crippen molar-refractivity contribution in [3.8, 4) is 0 Å². The molecule has 1 saturated carbocycles. The van der Waals surface area contributed by atoms with E-state index in [9.17, 15) is 0 Å². The van der Waals surface area contributed by atoms with Gasteiger partial charge in [-0.15, -0.1) is 21.5 Å². The molecule has 0 saturated heterocycles. The Morgan fingerprint density at radius 3 is 3.00 bits per heavy atom. The summed E-state index contributed by atoms with van der Waals surface area (Å²) < 4.78 is 5.78. The molecular formula is C16H16N4OS2. The van der Waals surface area contributed by atoms with E-state index in [-0.39, 0.29) is 0 Å². The van der Waals surface area contributed by atoms with Crippen LogP contribution in [0, 0.1) is 5.92 Å². The first-order valence-corrected chi connectivity index (χ1v) is 9.67. The quantitative estimate of drug-likeness (QED) is 0.663. The van der Waals surface area contributed by atoms with Crippen LogP contribution in [-0.2, 0) is 12.8 Å². The highest BCUT2D eigenvalue weighted by Crippen LogP contribution is 2.43. The summed E-state index contributed by atoms with van der Waals surface area (Å²) in [5.41, 5.74) is 1.44. The van der Waals surface area contributed by atoms with E-state index in [1.54, 1.807) is 6.33 Å². The van der Waals surface area contributed by atoms with E-state index in [4.69, 9.17) is 4.42 Å². The molecule has 23 heavy (non-hydrogen) atoms. The van der Waals surface area contributed by atoms with Gasteiger partial charge in [-0.2, -0.15) is 0 Å². The van der Waals surface area contributed by atoms with Crippen molar-refractivity contribution in [3.63, 3.8) is 0 Å². The van der Waals surface area contributed by atoms with Crippen LogP contribution in [0.1, 0.15) is 48.4 Å². The molecule has 0 amide bonds. The van der Waals surface area contributed by atoms with Gasteiger partial charge >= 0.3 is 0 Å². The summed E-state index contributed by atoms with van der Waals surface area (Å²) in [6.07, 6.45) is 7.50. The first-order chi connectivity index (χ1) is 11.3. The molecule has 0 N–H and O–H groups in total. The smallest absolute Gasteiger partial charge is 0.282 e. The molecule has 7 heteroatoms. The van der Waals surface area contributed by atoms with Crippen molar-refractivity contribution in [1.29, 1.82) is 0 Å². The van der Waals surface area contributed by atoms with Gasteiger partial charge in [0.25, 0.3) is 5.22 Å². The van der Waals surface area contributed by atoms with Gasteiger partial charge in [-0.1, -0.05) is 6.92 Å². The van der Waals surface area contributed by atoms with Crippen molar-refractivity contribution in [3.05, 3.63) is 22.7 Å². The van der Waals surface area contributed by atoms with Crippen molar-refractivity contribution < 1.29 is 4.42 Å². The molecule has 5 rings (SSSR count). The zero-order chi connectivity index (χ0) is 15.4. The molecule has 3 aromatic rings. The standard InChI is InChI=1S/C16H16N4OS2/c1-8-2-5-10-11(6-8)22-14-12(10)15(18-7-17-14)23-16-20-19-13(21-16)9-3-4-9/h7-9H,2-6H2,1H3/t8-/m0/s1. The van der Waals surface area contributed by atoms with Gasteiger partial charge in [0.2, 0.25) is 5.89 Å². The molecule has 2 aliphatic carbocycles. The van der Waals surface area contributed by atoms with Crippen LogP contribution >= 0.6 is 23.1 Å². The van der Waals surface area contributed by atoms with Crippen LogP contribution in [-0.4, -0.2) is 20.2 Å². The maximum absolute atomic E-state index is 5.78. The van der Waals surface area contributed by atoms with E-state index in [0.717, 1.165) is 34.5 Å². The third-order valence-corrected chi connectivity index (χ3v) is 6.59. The molecular weight excluding hydrogens is 328 g/mol. The van der Waals surface area contributed by atoms with Crippen LogP contribution in [0.5, 0.6) is 0 Å². The summed E-state index contributed by atoms with van der Waals surface area (Å²) in [5.74, 6) is 2.02. The number of thiophene rings is 1. The van der Waals surface area contributed by atoms with Crippen LogP contribution in [0.25, 0.3) is 10.2 Å². The SMILES string of the molecule is C[C@H]1CCc2c(sc3ncnc(Sc4nnc(C5CC5)o4)c23)C1. The Hall–Kier alpha value is -1.47. The fraction of sp³-hybridized carbons (Fsp3) is 0.500. The zero-order valence-electron chi connectivity index (χ0n) is 12.8. The molecule has 5 nitrogen and oxygen atoms in total. The Morgan fingerprint density at radius 1 is 1.22 bits per heavy atom.